The van der Waals surface area contributed by atoms with Gasteiger partial charge in [0.2, 0.25) is 0 Å². The molecule has 0 aliphatic carbocycles. The second kappa shape index (κ2) is 5.42. The average molecular weight is 257 g/mol. The fourth-order valence-corrected chi connectivity index (χ4v) is 2.16. The summed E-state index contributed by atoms with van der Waals surface area (Å²) < 4.78 is 11.1. The van der Waals surface area contributed by atoms with Crippen LogP contribution in [0.5, 0.6) is 0 Å². The zero-order chi connectivity index (χ0) is 13.2. The topological polar surface area (TPSA) is 62.8 Å². The maximum absolute atomic E-state index is 12.0. The summed E-state index contributed by atoms with van der Waals surface area (Å²) in [5, 5.41) is 6.64. The number of fused-ring (bicyclic) bond motifs is 1. The van der Waals surface area contributed by atoms with Crippen LogP contribution in [-0.4, -0.2) is 55.2 Å². The number of nitrogens with zero attached hydrogens (tertiary/aromatic N) is 1. The van der Waals surface area contributed by atoms with Gasteiger partial charge in [-0.15, -0.1) is 0 Å². The summed E-state index contributed by atoms with van der Waals surface area (Å²) in [5.74, 6) is 0. The number of carbonyl (C=O) groups is 1. The smallest absolute Gasteiger partial charge is 0.411 e. The molecule has 0 unspecified atom stereocenters. The summed E-state index contributed by atoms with van der Waals surface area (Å²) in [6.07, 6.45) is 0.815. The Kier molecular flexibility index (Phi) is 4.09. The molecule has 2 saturated heterocycles. The molecule has 0 bridgehead atoms. The highest BCUT2D eigenvalue weighted by Gasteiger charge is 2.31. The van der Waals surface area contributed by atoms with Crippen molar-refractivity contribution >= 4 is 6.09 Å². The van der Waals surface area contributed by atoms with Gasteiger partial charge in [0, 0.05) is 13.1 Å². The van der Waals surface area contributed by atoms with Crippen LogP contribution in [0.3, 0.4) is 0 Å². The Morgan fingerprint density at radius 3 is 2.89 bits per heavy atom. The van der Waals surface area contributed by atoms with Gasteiger partial charge in [-0.3, -0.25) is 15.5 Å². The minimum atomic E-state index is -0.453. The summed E-state index contributed by atoms with van der Waals surface area (Å²) in [6.45, 7) is 8.36. The first-order valence-electron chi connectivity index (χ1n) is 6.52. The third-order valence-corrected chi connectivity index (χ3v) is 3.01. The number of nitrogens with one attached hydrogen (secondary N) is 2. The number of carbonyl (C=O) groups excluding carboxylic acids is 1. The van der Waals surface area contributed by atoms with Crippen molar-refractivity contribution in [1.82, 2.24) is 15.5 Å². The normalized spacial score (nSPS) is 29.4. The number of hydrogen-bond donors (Lipinski definition) is 2. The van der Waals surface area contributed by atoms with Crippen LogP contribution in [0.25, 0.3) is 0 Å². The largest absolute Gasteiger partial charge is 0.444 e. The molecule has 0 aromatic carbocycles. The molecule has 0 aromatic heterocycles. The highest BCUT2D eigenvalue weighted by atomic mass is 16.6. The van der Waals surface area contributed by atoms with Crippen molar-refractivity contribution in [2.24, 2.45) is 0 Å². The Labute approximate surface area is 108 Å². The van der Waals surface area contributed by atoms with E-state index in [0.717, 1.165) is 19.6 Å². The van der Waals surface area contributed by atoms with Crippen molar-refractivity contribution in [2.75, 3.05) is 26.4 Å². The fraction of sp³-hybridized carbons (Fsp3) is 0.917. The predicted molar refractivity (Wildman–Crippen MR) is 67.1 cm³/mol. The highest BCUT2D eigenvalue weighted by molar-refractivity contribution is 5.68. The van der Waals surface area contributed by atoms with Crippen LogP contribution < -0.4 is 10.6 Å². The average Bonchev–Trinajstić information content (AvgIpc) is 2.49. The molecule has 2 aliphatic rings. The van der Waals surface area contributed by atoms with Crippen LogP contribution in [0.1, 0.15) is 27.2 Å². The number of amides is 1. The molecule has 2 heterocycles. The quantitative estimate of drug-likeness (QED) is 0.661. The van der Waals surface area contributed by atoms with E-state index in [2.05, 4.69) is 10.6 Å². The van der Waals surface area contributed by atoms with Crippen molar-refractivity contribution in [3.8, 4) is 0 Å². The predicted octanol–water partition coefficient (Wildman–Crippen LogP) is 0.489. The summed E-state index contributed by atoms with van der Waals surface area (Å²) in [5.41, 5.74) is -0.453. The first-order valence-corrected chi connectivity index (χ1v) is 6.52. The van der Waals surface area contributed by atoms with Crippen LogP contribution >= 0.6 is 0 Å². The first kappa shape index (κ1) is 13.6. The van der Waals surface area contributed by atoms with Crippen molar-refractivity contribution in [1.29, 1.82) is 0 Å². The van der Waals surface area contributed by atoms with Crippen LogP contribution in [0, 0.1) is 0 Å². The summed E-state index contributed by atoms with van der Waals surface area (Å²) in [4.78, 5) is 13.7. The van der Waals surface area contributed by atoms with Crippen molar-refractivity contribution in [2.45, 2.75) is 45.1 Å². The van der Waals surface area contributed by atoms with Crippen LogP contribution in [0.15, 0.2) is 0 Å². The zero-order valence-electron chi connectivity index (χ0n) is 11.4. The molecule has 0 radical (unpaired) electrons. The van der Waals surface area contributed by atoms with Gasteiger partial charge in [-0.25, -0.2) is 4.79 Å². The number of rotatable bonds is 0. The molecule has 0 saturated carbocycles. The van der Waals surface area contributed by atoms with Crippen LogP contribution in [0.2, 0.25) is 0 Å². The van der Waals surface area contributed by atoms with Gasteiger partial charge < -0.3 is 9.47 Å². The Balaban J connectivity index is 1.90. The van der Waals surface area contributed by atoms with Crippen LogP contribution in [-0.2, 0) is 9.47 Å². The molecule has 6 heteroatoms. The maximum Gasteiger partial charge on any atom is 0.411 e. The zero-order valence-corrected chi connectivity index (χ0v) is 11.4. The van der Waals surface area contributed by atoms with E-state index in [0.29, 0.717) is 13.2 Å². The minimum absolute atomic E-state index is 0.131. The molecule has 0 spiro atoms. The molecule has 18 heavy (non-hydrogen) atoms. The molecule has 104 valence electrons. The molecule has 2 N–H and O–H groups in total. The summed E-state index contributed by atoms with van der Waals surface area (Å²) in [6, 6.07) is 0. The molecule has 2 fully saturated rings. The second-order valence-electron chi connectivity index (χ2n) is 5.74. The van der Waals surface area contributed by atoms with Gasteiger partial charge in [-0.05, 0) is 27.2 Å². The number of hydrogen-bond acceptors (Lipinski definition) is 5. The summed E-state index contributed by atoms with van der Waals surface area (Å²) in [7, 11) is 0. The van der Waals surface area contributed by atoms with Crippen molar-refractivity contribution in [3.63, 3.8) is 0 Å². The molecule has 6 nitrogen and oxygen atoms in total. The van der Waals surface area contributed by atoms with E-state index in [1.807, 2.05) is 20.8 Å². The van der Waals surface area contributed by atoms with Gasteiger partial charge in [0.1, 0.15) is 5.60 Å². The number of morpholine rings is 1. The van der Waals surface area contributed by atoms with Crippen molar-refractivity contribution < 1.29 is 14.3 Å². The second-order valence-corrected chi connectivity index (χ2v) is 5.74. The molecule has 2 atom stereocenters. The van der Waals surface area contributed by atoms with E-state index < -0.39 is 5.60 Å². The van der Waals surface area contributed by atoms with E-state index in [1.165, 1.54) is 0 Å². The third kappa shape index (κ3) is 3.57. The fourth-order valence-electron chi connectivity index (χ4n) is 2.16. The van der Waals surface area contributed by atoms with Crippen molar-refractivity contribution in [3.05, 3.63) is 0 Å². The van der Waals surface area contributed by atoms with E-state index in [-0.39, 0.29) is 18.4 Å². The van der Waals surface area contributed by atoms with E-state index >= 15 is 0 Å². The van der Waals surface area contributed by atoms with Gasteiger partial charge in [-0.2, -0.15) is 0 Å². The van der Waals surface area contributed by atoms with Gasteiger partial charge in [0.15, 0.2) is 0 Å². The van der Waals surface area contributed by atoms with Gasteiger partial charge in [0.25, 0.3) is 0 Å². The van der Waals surface area contributed by atoms with E-state index in [4.69, 9.17) is 9.47 Å². The molecule has 1 amide bonds. The Hall–Kier alpha value is -0.850. The Morgan fingerprint density at radius 1 is 1.39 bits per heavy atom. The standard InChI is InChI=1S/C12H23N3O3/c1-12(2,3)18-11(16)15-6-4-9-10(14-8-15)13-5-7-17-9/h9-10,13-14H,4-8H2,1-3H3/t9-,10-/m0/s1. The Bertz CT molecular complexity index is 287. The third-order valence-electron chi connectivity index (χ3n) is 3.01. The maximum atomic E-state index is 12.0. The minimum Gasteiger partial charge on any atom is -0.444 e. The lowest BCUT2D eigenvalue weighted by Gasteiger charge is -2.31. The lowest BCUT2D eigenvalue weighted by molar-refractivity contribution is -0.0121. The molecule has 0 aromatic rings. The van der Waals surface area contributed by atoms with Gasteiger partial charge in [0.05, 0.1) is 25.5 Å². The van der Waals surface area contributed by atoms with Gasteiger partial charge >= 0.3 is 6.09 Å². The lowest BCUT2D eigenvalue weighted by atomic mass is 10.2. The monoisotopic (exact) mass is 257 g/mol. The van der Waals surface area contributed by atoms with E-state index in [9.17, 15) is 4.79 Å². The summed E-state index contributed by atoms with van der Waals surface area (Å²) >= 11 is 0. The SMILES string of the molecule is CC(C)(C)OC(=O)N1CC[C@@H]2OCCN[C@H]2NC1. The van der Waals surface area contributed by atoms with Gasteiger partial charge in [-0.1, -0.05) is 0 Å². The number of ether oxygens (including phenoxy) is 2. The highest BCUT2D eigenvalue weighted by Crippen LogP contribution is 2.15. The molecule has 2 rings (SSSR count). The lowest BCUT2D eigenvalue weighted by Crippen LogP contribution is -2.56. The molecule has 2 aliphatic heterocycles. The molecular weight excluding hydrogens is 234 g/mol. The Morgan fingerprint density at radius 2 is 2.17 bits per heavy atom. The van der Waals surface area contributed by atoms with Crippen LogP contribution in [0.4, 0.5) is 4.79 Å². The molecular formula is C12H23N3O3. The van der Waals surface area contributed by atoms with E-state index in [1.54, 1.807) is 4.90 Å². The first-order chi connectivity index (χ1) is 8.46.